The lowest BCUT2D eigenvalue weighted by atomic mass is 9.87. The molecule has 2 saturated heterocycles. The second-order valence-corrected chi connectivity index (χ2v) is 14.7. The van der Waals surface area contributed by atoms with Gasteiger partial charge in [-0.2, -0.15) is 0 Å². The van der Waals surface area contributed by atoms with E-state index < -0.39 is 5.97 Å². The smallest absolute Gasteiger partial charge is 0.306 e. The van der Waals surface area contributed by atoms with Crippen molar-refractivity contribution in [1.82, 2.24) is 14.4 Å². The number of halogens is 2. The van der Waals surface area contributed by atoms with Crippen molar-refractivity contribution in [1.29, 1.82) is 0 Å². The molecule has 6 rings (SSSR count). The van der Waals surface area contributed by atoms with E-state index in [-0.39, 0.29) is 59.5 Å². The number of hydrogen-bond donors (Lipinski definition) is 2. The van der Waals surface area contributed by atoms with Gasteiger partial charge < -0.3 is 34.1 Å². The number of hydrogen-bond acceptors (Lipinski definition) is 7. The van der Waals surface area contributed by atoms with Gasteiger partial charge in [0.1, 0.15) is 0 Å². The number of methoxy groups -OCH3 is 2. The van der Waals surface area contributed by atoms with Crippen LogP contribution in [0.3, 0.4) is 0 Å². The number of amides is 2. The minimum atomic E-state index is -0.747. The molecule has 0 bridgehead atoms. The average molecular weight is 730 g/mol. The van der Waals surface area contributed by atoms with E-state index in [1.807, 2.05) is 40.8 Å². The number of nitrogens with zero attached hydrogens (tertiary/aromatic N) is 3. The summed E-state index contributed by atoms with van der Waals surface area (Å²) < 4.78 is 19.5. The van der Waals surface area contributed by atoms with Crippen LogP contribution >= 0.6 is 23.2 Å². The van der Waals surface area contributed by atoms with Gasteiger partial charge in [-0.05, 0) is 62.3 Å². The minimum absolute atomic E-state index is 0.0302. The Morgan fingerprint density at radius 1 is 0.940 bits per heavy atom. The van der Waals surface area contributed by atoms with Crippen LogP contribution in [0.25, 0.3) is 10.9 Å². The number of fused-ring (bicyclic) bond motifs is 1. The van der Waals surface area contributed by atoms with Gasteiger partial charge in [0, 0.05) is 68.6 Å². The van der Waals surface area contributed by atoms with Gasteiger partial charge in [-0.3, -0.25) is 19.3 Å². The van der Waals surface area contributed by atoms with Crippen molar-refractivity contribution in [2.24, 2.45) is 13.0 Å². The SMILES string of the molecule is COC[C@@H]1C[C@H](OC)CN1[C@H]1C[C@@H](CO[C@H]2CC[C@H](C(=O)O)CC2)N(C(=O)Cc2cc(Cl)c(NC(=O)c3cn(C)c4ccccc34)cc2Cl)C1. The van der Waals surface area contributed by atoms with Crippen LogP contribution in [0.4, 0.5) is 5.69 Å². The molecular weight excluding hydrogens is 683 g/mol. The summed E-state index contributed by atoms with van der Waals surface area (Å²) in [5.74, 6) is -1.47. The quantitative estimate of drug-likeness (QED) is 0.246. The third-order valence-corrected chi connectivity index (χ3v) is 11.4. The number of aryl methyl sites for hydroxylation is 1. The first-order chi connectivity index (χ1) is 24.1. The van der Waals surface area contributed by atoms with E-state index in [0.29, 0.717) is 67.3 Å². The maximum atomic E-state index is 14.1. The first kappa shape index (κ1) is 36.6. The Morgan fingerprint density at radius 2 is 1.70 bits per heavy atom. The van der Waals surface area contributed by atoms with Crippen LogP contribution in [0.15, 0.2) is 42.6 Å². The van der Waals surface area contributed by atoms with Gasteiger partial charge >= 0.3 is 5.97 Å². The number of carboxylic acid groups (broad SMARTS) is 1. The summed E-state index contributed by atoms with van der Waals surface area (Å²) >= 11 is 13.4. The number of carbonyl (C=O) groups is 3. The van der Waals surface area contributed by atoms with Gasteiger partial charge in [0.15, 0.2) is 0 Å². The van der Waals surface area contributed by atoms with Crippen molar-refractivity contribution in [2.75, 3.05) is 45.8 Å². The molecule has 3 heterocycles. The first-order valence-corrected chi connectivity index (χ1v) is 18.1. The summed E-state index contributed by atoms with van der Waals surface area (Å²) in [5.41, 5.74) is 2.38. The second-order valence-electron chi connectivity index (χ2n) is 13.9. The molecule has 0 unspecified atom stereocenters. The standard InChI is InChI=1S/C37H46Cl2N4O7/c1-41-19-30(29-6-4-5-7-34(29)41)36(45)40-33-16-31(38)23(12-32(33)39)13-35(44)43-17-24(42-18-28(49-3)15-26(42)20-48-2)14-25(43)21-50-27-10-8-22(9-11-27)37(46)47/h4-7,12,16,19,22,24-28H,8-11,13-15,17-18,20-21H2,1-3H3,(H,40,45)(H,46,47)/t22-,24-,25-,26-,27-,28-/m0/s1. The molecular formula is C37H46Cl2N4O7. The first-order valence-electron chi connectivity index (χ1n) is 17.3. The normalized spacial score (nSPS) is 25.7. The van der Waals surface area contributed by atoms with E-state index in [9.17, 15) is 19.5 Å². The molecule has 0 spiro atoms. The Balaban J connectivity index is 1.16. The molecule has 11 nitrogen and oxygen atoms in total. The third kappa shape index (κ3) is 7.98. The van der Waals surface area contributed by atoms with Gasteiger partial charge in [-0.1, -0.05) is 41.4 Å². The summed E-state index contributed by atoms with van der Waals surface area (Å²) in [4.78, 5) is 43.1. The van der Waals surface area contributed by atoms with E-state index in [2.05, 4.69) is 10.2 Å². The Labute approximate surface area is 302 Å². The number of carbonyl (C=O) groups excluding carboxylic acids is 2. The lowest BCUT2D eigenvalue weighted by molar-refractivity contribution is -0.144. The largest absolute Gasteiger partial charge is 0.481 e. The molecule has 1 aromatic heterocycles. The van der Waals surface area contributed by atoms with Crippen molar-refractivity contribution in [3.63, 3.8) is 0 Å². The van der Waals surface area contributed by atoms with E-state index >= 15 is 0 Å². The van der Waals surface area contributed by atoms with Crippen LogP contribution in [0.1, 0.15) is 54.4 Å². The van der Waals surface area contributed by atoms with Crippen LogP contribution in [-0.2, 0) is 37.3 Å². The Kier molecular flexibility index (Phi) is 11.7. The van der Waals surface area contributed by atoms with E-state index in [1.165, 1.54) is 0 Å². The number of carboxylic acids is 1. The van der Waals surface area contributed by atoms with Gasteiger partial charge in [-0.25, -0.2) is 0 Å². The molecule has 270 valence electrons. The number of likely N-dealkylation sites (tertiary alicyclic amines) is 2. The zero-order valence-corrected chi connectivity index (χ0v) is 30.3. The highest BCUT2D eigenvalue weighted by Crippen LogP contribution is 2.35. The summed E-state index contributed by atoms with van der Waals surface area (Å²) in [6.07, 6.45) is 6.05. The Hall–Kier alpha value is -3.19. The number of aromatic nitrogens is 1. The zero-order valence-electron chi connectivity index (χ0n) is 28.8. The van der Waals surface area contributed by atoms with Crippen LogP contribution in [0.5, 0.6) is 0 Å². The highest BCUT2D eigenvalue weighted by molar-refractivity contribution is 6.36. The van der Waals surface area contributed by atoms with Gasteiger partial charge in [0.05, 0.1) is 60.1 Å². The third-order valence-electron chi connectivity index (χ3n) is 10.7. The van der Waals surface area contributed by atoms with Crippen LogP contribution in [0, 0.1) is 5.92 Å². The number of ether oxygens (including phenoxy) is 3. The summed E-state index contributed by atoms with van der Waals surface area (Å²) in [6, 6.07) is 11.0. The fourth-order valence-electron chi connectivity index (χ4n) is 7.99. The monoisotopic (exact) mass is 728 g/mol. The molecule has 3 aromatic rings. The predicted octanol–water partition coefficient (Wildman–Crippen LogP) is 5.65. The molecule has 3 fully saturated rings. The summed E-state index contributed by atoms with van der Waals surface area (Å²) in [6.45, 7) is 2.24. The fourth-order valence-corrected chi connectivity index (χ4v) is 8.45. The molecule has 1 saturated carbocycles. The highest BCUT2D eigenvalue weighted by Gasteiger charge is 2.44. The molecule has 13 heteroatoms. The molecule has 2 amide bonds. The second kappa shape index (κ2) is 16.0. The number of para-hydroxylation sites is 1. The molecule has 4 atom stereocenters. The molecule has 50 heavy (non-hydrogen) atoms. The molecule has 2 N–H and O–H groups in total. The number of rotatable bonds is 12. The Bertz CT molecular complexity index is 1710. The molecule has 2 aliphatic heterocycles. The number of anilines is 1. The highest BCUT2D eigenvalue weighted by atomic mass is 35.5. The summed E-state index contributed by atoms with van der Waals surface area (Å²) in [5, 5.41) is 13.7. The average Bonchev–Trinajstić information content (AvgIpc) is 3.81. The van der Waals surface area contributed by atoms with Crippen molar-refractivity contribution < 1.29 is 33.7 Å². The maximum Gasteiger partial charge on any atom is 0.306 e. The van der Waals surface area contributed by atoms with E-state index in [1.54, 1.807) is 32.5 Å². The van der Waals surface area contributed by atoms with Gasteiger partial charge in [0.2, 0.25) is 5.91 Å². The fraction of sp³-hybridized carbons (Fsp3) is 0.541. The minimum Gasteiger partial charge on any atom is -0.481 e. The van der Waals surface area contributed by atoms with Crippen molar-refractivity contribution in [2.45, 2.75) is 75.3 Å². The van der Waals surface area contributed by atoms with E-state index in [0.717, 1.165) is 30.3 Å². The van der Waals surface area contributed by atoms with Gasteiger partial charge in [0.25, 0.3) is 5.91 Å². The van der Waals surface area contributed by atoms with Crippen molar-refractivity contribution in [3.8, 4) is 0 Å². The summed E-state index contributed by atoms with van der Waals surface area (Å²) in [7, 11) is 5.32. The van der Waals surface area contributed by atoms with Crippen molar-refractivity contribution in [3.05, 3.63) is 63.8 Å². The van der Waals surface area contributed by atoms with E-state index in [4.69, 9.17) is 37.4 Å². The maximum absolute atomic E-state index is 14.1. The lowest BCUT2D eigenvalue weighted by Gasteiger charge is -2.30. The van der Waals surface area contributed by atoms with Gasteiger partial charge in [-0.15, -0.1) is 0 Å². The number of aliphatic carboxylic acids is 1. The Morgan fingerprint density at radius 3 is 2.42 bits per heavy atom. The topological polar surface area (TPSA) is 123 Å². The number of nitrogens with one attached hydrogen (secondary N) is 1. The molecule has 3 aliphatic rings. The molecule has 0 radical (unpaired) electrons. The molecule has 2 aromatic carbocycles. The van der Waals surface area contributed by atoms with Crippen LogP contribution in [0.2, 0.25) is 10.0 Å². The van der Waals surface area contributed by atoms with Crippen molar-refractivity contribution >= 4 is 57.6 Å². The predicted molar refractivity (Wildman–Crippen MR) is 192 cm³/mol. The molecule has 1 aliphatic carbocycles. The van der Waals surface area contributed by atoms with Crippen LogP contribution < -0.4 is 5.32 Å². The lowest BCUT2D eigenvalue weighted by Crippen LogP contribution is -2.44. The zero-order chi connectivity index (χ0) is 35.5. The van der Waals surface area contributed by atoms with Crippen LogP contribution in [-0.4, -0.2) is 108 Å². The number of benzene rings is 2.